The summed E-state index contributed by atoms with van der Waals surface area (Å²) < 4.78 is 13.9. The fraction of sp³-hybridized carbons (Fsp3) is 0.562. The number of rotatable bonds is 3. The van der Waals surface area contributed by atoms with Gasteiger partial charge in [-0.1, -0.05) is 13.0 Å². The van der Waals surface area contributed by atoms with Gasteiger partial charge in [-0.15, -0.1) is 0 Å². The Balaban J connectivity index is 2.22. The number of carbonyl (C=O) groups is 1. The minimum absolute atomic E-state index is 0.0606. The van der Waals surface area contributed by atoms with E-state index < -0.39 is 0 Å². The van der Waals surface area contributed by atoms with Gasteiger partial charge in [0, 0.05) is 19.6 Å². The minimum Gasteiger partial charge on any atom is -0.382 e. The molecule has 0 aliphatic carbocycles. The normalized spacial score (nSPS) is 19.6. The third-order valence-corrected chi connectivity index (χ3v) is 3.90. The van der Waals surface area contributed by atoms with Crippen molar-refractivity contribution >= 4 is 11.6 Å². The van der Waals surface area contributed by atoms with E-state index in [2.05, 4.69) is 12.2 Å². The maximum atomic E-state index is 13.9. The first-order valence-electron chi connectivity index (χ1n) is 7.45. The molecular weight excluding hydrogens is 255 g/mol. The highest BCUT2D eigenvalue weighted by Gasteiger charge is 2.22. The van der Waals surface area contributed by atoms with E-state index in [-0.39, 0.29) is 11.7 Å². The molecule has 1 aromatic rings. The van der Waals surface area contributed by atoms with Crippen molar-refractivity contribution in [2.45, 2.75) is 33.1 Å². The maximum absolute atomic E-state index is 13.9. The van der Waals surface area contributed by atoms with E-state index in [0.717, 1.165) is 32.4 Å². The molecule has 0 aromatic heterocycles. The molecule has 0 bridgehead atoms. The van der Waals surface area contributed by atoms with E-state index in [1.54, 1.807) is 12.1 Å². The van der Waals surface area contributed by atoms with Crippen molar-refractivity contribution in [3.63, 3.8) is 0 Å². The molecule has 3 nitrogen and oxygen atoms in total. The highest BCUT2D eigenvalue weighted by atomic mass is 19.1. The van der Waals surface area contributed by atoms with Crippen LogP contribution < -0.4 is 5.32 Å². The molecule has 1 aliphatic heterocycles. The van der Waals surface area contributed by atoms with Crippen molar-refractivity contribution < 1.29 is 9.18 Å². The highest BCUT2D eigenvalue weighted by Crippen LogP contribution is 2.24. The lowest BCUT2D eigenvalue weighted by atomic mass is 10.0. The van der Waals surface area contributed by atoms with Gasteiger partial charge in [0.1, 0.15) is 5.82 Å². The number of hydrogen-bond donors (Lipinski definition) is 1. The van der Waals surface area contributed by atoms with Gasteiger partial charge in [0.15, 0.2) is 0 Å². The first-order chi connectivity index (χ1) is 9.63. The zero-order chi connectivity index (χ0) is 14.5. The summed E-state index contributed by atoms with van der Waals surface area (Å²) >= 11 is 0. The standard InChI is InChI=1S/C16H23FN2O/c1-3-18-15-13(7-4-8-14(15)17)16(20)19-10-5-6-12(2)9-11-19/h4,7-8,12,18H,3,5-6,9-11H2,1-2H3. The molecule has 0 saturated carbocycles. The van der Waals surface area contributed by atoms with Crippen LogP contribution in [-0.2, 0) is 0 Å². The van der Waals surface area contributed by atoms with Gasteiger partial charge in [0.05, 0.1) is 11.3 Å². The Morgan fingerprint density at radius 2 is 2.20 bits per heavy atom. The number of amides is 1. The van der Waals surface area contributed by atoms with Gasteiger partial charge in [-0.2, -0.15) is 0 Å². The van der Waals surface area contributed by atoms with Crippen LogP contribution in [0.1, 0.15) is 43.5 Å². The largest absolute Gasteiger partial charge is 0.382 e. The molecule has 1 heterocycles. The van der Waals surface area contributed by atoms with Crippen LogP contribution in [0.25, 0.3) is 0 Å². The van der Waals surface area contributed by atoms with Gasteiger partial charge in [-0.05, 0) is 44.2 Å². The molecule has 110 valence electrons. The second kappa shape index (κ2) is 6.73. The summed E-state index contributed by atoms with van der Waals surface area (Å²) in [4.78, 5) is 14.5. The summed E-state index contributed by atoms with van der Waals surface area (Å²) in [6, 6.07) is 4.70. The second-order valence-corrected chi connectivity index (χ2v) is 5.52. The Labute approximate surface area is 120 Å². The summed E-state index contributed by atoms with van der Waals surface area (Å²) in [7, 11) is 0. The van der Waals surface area contributed by atoms with Crippen LogP contribution in [0.2, 0.25) is 0 Å². The van der Waals surface area contributed by atoms with Gasteiger partial charge < -0.3 is 10.2 Å². The second-order valence-electron chi connectivity index (χ2n) is 5.52. The van der Waals surface area contributed by atoms with Crippen LogP contribution in [0.15, 0.2) is 18.2 Å². The Kier molecular flexibility index (Phi) is 4.99. The average Bonchev–Trinajstić information content (AvgIpc) is 2.65. The van der Waals surface area contributed by atoms with Crippen molar-refractivity contribution in [2.24, 2.45) is 5.92 Å². The Morgan fingerprint density at radius 1 is 1.40 bits per heavy atom. The molecule has 4 heteroatoms. The monoisotopic (exact) mass is 278 g/mol. The van der Waals surface area contributed by atoms with Gasteiger partial charge in [-0.3, -0.25) is 4.79 Å². The van der Waals surface area contributed by atoms with Crippen LogP contribution in [-0.4, -0.2) is 30.4 Å². The van der Waals surface area contributed by atoms with Gasteiger partial charge in [0.25, 0.3) is 5.91 Å². The molecule has 1 saturated heterocycles. The summed E-state index contributed by atoms with van der Waals surface area (Å²) in [5.74, 6) is 0.240. The predicted octanol–water partition coefficient (Wildman–Crippen LogP) is 3.52. The third-order valence-electron chi connectivity index (χ3n) is 3.90. The van der Waals surface area contributed by atoms with Gasteiger partial charge in [0.2, 0.25) is 0 Å². The number of likely N-dealkylation sites (tertiary alicyclic amines) is 1. The molecule has 0 radical (unpaired) electrons. The lowest BCUT2D eigenvalue weighted by Crippen LogP contribution is -2.32. The molecule has 1 unspecified atom stereocenters. The molecule has 1 N–H and O–H groups in total. The number of nitrogens with one attached hydrogen (secondary N) is 1. The van der Waals surface area contributed by atoms with E-state index in [9.17, 15) is 9.18 Å². The number of nitrogens with zero attached hydrogens (tertiary/aromatic N) is 1. The number of para-hydroxylation sites is 1. The molecule has 1 aliphatic rings. The lowest BCUT2D eigenvalue weighted by Gasteiger charge is -2.22. The smallest absolute Gasteiger partial charge is 0.256 e. The fourth-order valence-electron chi connectivity index (χ4n) is 2.70. The van der Waals surface area contributed by atoms with Crippen LogP contribution in [0, 0.1) is 11.7 Å². The highest BCUT2D eigenvalue weighted by molar-refractivity contribution is 5.99. The van der Waals surface area contributed by atoms with E-state index in [0.29, 0.717) is 23.7 Å². The first-order valence-corrected chi connectivity index (χ1v) is 7.45. The van der Waals surface area contributed by atoms with E-state index >= 15 is 0 Å². The van der Waals surface area contributed by atoms with E-state index in [1.165, 1.54) is 6.07 Å². The SMILES string of the molecule is CCNc1c(F)cccc1C(=O)N1CCCC(C)CC1. The number of carbonyl (C=O) groups excluding carboxylic acids is 1. The van der Waals surface area contributed by atoms with Crippen molar-refractivity contribution in [1.82, 2.24) is 4.90 Å². The Bertz CT molecular complexity index is 476. The third kappa shape index (κ3) is 3.30. The molecule has 1 amide bonds. The van der Waals surface area contributed by atoms with Crippen LogP contribution in [0.3, 0.4) is 0 Å². The van der Waals surface area contributed by atoms with Crippen molar-refractivity contribution in [3.05, 3.63) is 29.6 Å². The van der Waals surface area contributed by atoms with Crippen molar-refractivity contribution in [3.8, 4) is 0 Å². The van der Waals surface area contributed by atoms with Crippen molar-refractivity contribution in [2.75, 3.05) is 25.0 Å². The molecule has 1 atom stereocenters. The van der Waals surface area contributed by atoms with Crippen LogP contribution in [0.4, 0.5) is 10.1 Å². The summed E-state index contributed by atoms with van der Waals surface area (Å²) in [5.41, 5.74) is 0.777. The quantitative estimate of drug-likeness (QED) is 0.917. The Morgan fingerprint density at radius 3 is 2.95 bits per heavy atom. The molecule has 0 spiro atoms. The van der Waals surface area contributed by atoms with E-state index in [4.69, 9.17) is 0 Å². The summed E-state index contributed by atoms with van der Waals surface area (Å²) in [6.45, 7) is 6.25. The van der Waals surface area contributed by atoms with Crippen LogP contribution in [0.5, 0.6) is 0 Å². The predicted molar refractivity (Wildman–Crippen MR) is 79.5 cm³/mol. The lowest BCUT2D eigenvalue weighted by molar-refractivity contribution is 0.0761. The summed E-state index contributed by atoms with van der Waals surface area (Å²) in [5, 5.41) is 2.97. The van der Waals surface area contributed by atoms with Crippen LogP contribution >= 0.6 is 0 Å². The number of hydrogen-bond acceptors (Lipinski definition) is 2. The zero-order valence-electron chi connectivity index (χ0n) is 12.3. The maximum Gasteiger partial charge on any atom is 0.256 e. The zero-order valence-corrected chi connectivity index (χ0v) is 12.3. The first kappa shape index (κ1) is 14.8. The molecule has 2 rings (SSSR count). The Hall–Kier alpha value is -1.58. The fourth-order valence-corrected chi connectivity index (χ4v) is 2.70. The minimum atomic E-state index is -0.360. The molecule has 1 fully saturated rings. The molecular formula is C16H23FN2O. The summed E-state index contributed by atoms with van der Waals surface area (Å²) in [6.07, 6.45) is 3.21. The number of halogens is 1. The number of benzene rings is 1. The van der Waals surface area contributed by atoms with Crippen molar-refractivity contribution in [1.29, 1.82) is 0 Å². The van der Waals surface area contributed by atoms with Gasteiger partial charge in [-0.25, -0.2) is 4.39 Å². The number of anilines is 1. The molecule has 20 heavy (non-hydrogen) atoms. The van der Waals surface area contributed by atoms with Gasteiger partial charge >= 0.3 is 0 Å². The van der Waals surface area contributed by atoms with E-state index in [1.807, 2.05) is 11.8 Å². The average molecular weight is 278 g/mol. The molecule has 1 aromatic carbocycles. The topological polar surface area (TPSA) is 32.3 Å².